The Labute approximate surface area is 166 Å². The first-order valence-corrected chi connectivity index (χ1v) is 9.65. The van der Waals surface area contributed by atoms with Crippen LogP contribution in [-0.2, 0) is 0 Å². The van der Waals surface area contributed by atoms with Crippen LogP contribution in [0.25, 0.3) is 0 Å². The second kappa shape index (κ2) is 8.55. The van der Waals surface area contributed by atoms with Gasteiger partial charge in [0.2, 0.25) is 0 Å². The Bertz CT molecular complexity index is 699. The molecule has 0 aliphatic carbocycles. The molecule has 27 heavy (non-hydrogen) atoms. The van der Waals surface area contributed by atoms with Gasteiger partial charge >= 0.3 is 0 Å². The molecule has 0 saturated carbocycles. The van der Waals surface area contributed by atoms with Crippen molar-refractivity contribution in [1.29, 1.82) is 0 Å². The maximum Gasteiger partial charge on any atom is 0.0637 e. The summed E-state index contributed by atoms with van der Waals surface area (Å²) in [5, 5.41) is 0. The van der Waals surface area contributed by atoms with E-state index in [1.54, 1.807) is 0 Å². The van der Waals surface area contributed by atoms with Crippen LogP contribution in [0.5, 0.6) is 0 Å². The monoisotopic (exact) mass is 368 g/mol. The molecule has 0 radical (unpaired) electrons. The molecule has 0 heterocycles. The standard InChI is InChI=1S/C23H36N4/c1-10-17(18-13-11-15-20(24(2)3)22(18)26(6)7)19-14-12-16-21(25(4)5)23(19)27(8)9/h11-17H,10H2,1-9H3. The zero-order valence-corrected chi connectivity index (χ0v) is 18.5. The van der Waals surface area contributed by atoms with E-state index in [0.29, 0.717) is 5.92 Å². The van der Waals surface area contributed by atoms with E-state index >= 15 is 0 Å². The third-order valence-corrected chi connectivity index (χ3v) is 5.11. The van der Waals surface area contributed by atoms with Gasteiger partial charge in [0, 0.05) is 62.3 Å². The second-order valence-electron chi connectivity index (χ2n) is 7.97. The summed E-state index contributed by atoms with van der Waals surface area (Å²) in [6, 6.07) is 13.4. The van der Waals surface area contributed by atoms with Crippen LogP contribution in [0.3, 0.4) is 0 Å². The van der Waals surface area contributed by atoms with Gasteiger partial charge in [-0.25, -0.2) is 0 Å². The largest absolute Gasteiger partial charge is 0.376 e. The Morgan fingerprint density at radius 1 is 0.593 bits per heavy atom. The van der Waals surface area contributed by atoms with Gasteiger partial charge in [-0.15, -0.1) is 0 Å². The minimum atomic E-state index is 0.333. The average molecular weight is 369 g/mol. The summed E-state index contributed by atoms with van der Waals surface area (Å²) in [6.45, 7) is 2.29. The van der Waals surface area contributed by atoms with Crippen LogP contribution in [0.1, 0.15) is 30.4 Å². The zero-order chi connectivity index (χ0) is 20.3. The van der Waals surface area contributed by atoms with Gasteiger partial charge in [-0.3, -0.25) is 0 Å². The van der Waals surface area contributed by atoms with Crippen LogP contribution in [0.4, 0.5) is 22.7 Å². The van der Waals surface area contributed by atoms with E-state index in [4.69, 9.17) is 0 Å². The first kappa shape index (κ1) is 20.9. The van der Waals surface area contributed by atoms with Crippen molar-refractivity contribution < 1.29 is 0 Å². The Morgan fingerprint density at radius 2 is 0.963 bits per heavy atom. The quantitative estimate of drug-likeness (QED) is 0.714. The molecule has 148 valence electrons. The number of hydrogen-bond donors (Lipinski definition) is 0. The van der Waals surface area contributed by atoms with Crippen LogP contribution in [0.15, 0.2) is 36.4 Å². The summed E-state index contributed by atoms with van der Waals surface area (Å²) < 4.78 is 0. The van der Waals surface area contributed by atoms with Crippen LogP contribution >= 0.6 is 0 Å². The summed E-state index contributed by atoms with van der Waals surface area (Å²) >= 11 is 0. The minimum absolute atomic E-state index is 0.333. The lowest BCUT2D eigenvalue weighted by Crippen LogP contribution is -2.22. The first-order chi connectivity index (χ1) is 12.7. The molecule has 0 amide bonds. The van der Waals surface area contributed by atoms with E-state index in [2.05, 4.69) is 119 Å². The van der Waals surface area contributed by atoms with Gasteiger partial charge in [-0.2, -0.15) is 0 Å². The Morgan fingerprint density at radius 3 is 1.22 bits per heavy atom. The maximum absolute atomic E-state index is 2.29. The Balaban J connectivity index is 2.76. The lowest BCUT2D eigenvalue weighted by Gasteiger charge is -2.32. The van der Waals surface area contributed by atoms with Crippen molar-refractivity contribution >= 4 is 22.7 Å². The number of hydrogen-bond acceptors (Lipinski definition) is 4. The minimum Gasteiger partial charge on any atom is -0.376 e. The summed E-state index contributed by atoms with van der Waals surface area (Å²) in [7, 11) is 17.0. The molecular weight excluding hydrogens is 332 g/mol. The molecule has 0 aliphatic heterocycles. The number of benzene rings is 2. The lowest BCUT2D eigenvalue weighted by molar-refractivity contribution is 0.770. The number of anilines is 4. The molecule has 0 aromatic heterocycles. The van der Waals surface area contributed by atoms with Crippen LogP contribution < -0.4 is 19.6 Å². The second-order valence-corrected chi connectivity index (χ2v) is 7.97. The molecule has 0 fully saturated rings. The highest BCUT2D eigenvalue weighted by molar-refractivity contribution is 5.79. The van der Waals surface area contributed by atoms with Crippen molar-refractivity contribution in [2.75, 3.05) is 76.0 Å². The third-order valence-electron chi connectivity index (χ3n) is 5.11. The highest BCUT2D eigenvalue weighted by Gasteiger charge is 2.24. The van der Waals surface area contributed by atoms with E-state index in [-0.39, 0.29) is 0 Å². The highest BCUT2D eigenvalue weighted by atomic mass is 15.2. The van der Waals surface area contributed by atoms with Crippen molar-refractivity contribution in [3.05, 3.63) is 47.5 Å². The summed E-state index contributed by atoms with van der Waals surface area (Å²) in [5.41, 5.74) is 7.88. The van der Waals surface area contributed by atoms with Gasteiger partial charge in [0.25, 0.3) is 0 Å². The molecule has 0 spiro atoms. The van der Waals surface area contributed by atoms with Crippen molar-refractivity contribution in [1.82, 2.24) is 0 Å². The molecule has 0 unspecified atom stereocenters. The average Bonchev–Trinajstić information content (AvgIpc) is 2.61. The van der Waals surface area contributed by atoms with Gasteiger partial charge in [0.1, 0.15) is 0 Å². The first-order valence-electron chi connectivity index (χ1n) is 9.65. The molecule has 4 heteroatoms. The van der Waals surface area contributed by atoms with Gasteiger partial charge < -0.3 is 19.6 Å². The maximum atomic E-state index is 2.29. The predicted octanol–water partition coefficient (Wildman–Crippen LogP) is 4.49. The van der Waals surface area contributed by atoms with E-state index < -0.39 is 0 Å². The van der Waals surface area contributed by atoms with Crippen molar-refractivity contribution in [3.8, 4) is 0 Å². The molecule has 0 saturated heterocycles. The number of para-hydroxylation sites is 2. The SMILES string of the molecule is CCC(c1cccc(N(C)C)c1N(C)C)c1cccc(N(C)C)c1N(C)C. The third kappa shape index (κ3) is 4.15. The molecule has 0 N–H and O–H groups in total. The van der Waals surface area contributed by atoms with Gasteiger partial charge in [0.05, 0.1) is 22.7 Å². The fourth-order valence-electron chi connectivity index (χ4n) is 3.96. The van der Waals surface area contributed by atoms with E-state index in [1.807, 2.05) is 0 Å². The molecule has 0 atom stereocenters. The molecule has 2 rings (SSSR count). The molecule has 0 aliphatic rings. The molecule has 2 aromatic carbocycles. The van der Waals surface area contributed by atoms with E-state index in [1.165, 1.54) is 33.9 Å². The van der Waals surface area contributed by atoms with Crippen molar-refractivity contribution in [2.24, 2.45) is 0 Å². The number of rotatable bonds is 7. The molecule has 0 bridgehead atoms. The van der Waals surface area contributed by atoms with Gasteiger partial charge in [0.15, 0.2) is 0 Å². The fourth-order valence-corrected chi connectivity index (χ4v) is 3.96. The van der Waals surface area contributed by atoms with E-state index in [0.717, 1.165) is 6.42 Å². The van der Waals surface area contributed by atoms with Crippen LogP contribution in [0.2, 0.25) is 0 Å². The van der Waals surface area contributed by atoms with Crippen LogP contribution in [0, 0.1) is 0 Å². The zero-order valence-electron chi connectivity index (χ0n) is 18.5. The molecule has 4 nitrogen and oxygen atoms in total. The predicted molar refractivity (Wildman–Crippen MR) is 122 cm³/mol. The van der Waals surface area contributed by atoms with E-state index in [9.17, 15) is 0 Å². The highest BCUT2D eigenvalue weighted by Crippen LogP contribution is 2.44. The molecule has 2 aromatic rings. The fraction of sp³-hybridized carbons (Fsp3) is 0.478. The molecular formula is C23H36N4. The summed E-state index contributed by atoms with van der Waals surface area (Å²) in [4.78, 5) is 8.90. The number of nitrogens with zero attached hydrogens (tertiary/aromatic N) is 4. The van der Waals surface area contributed by atoms with Crippen molar-refractivity contribution in [3.63, 3.8) is 0 Å². The smallest absolute Gasteiger partial charge is 0.0637 e. The van der Waals surface area contributed by atoms with Crippen LogP contribution in [-0.4, -0.2) is 56.4 Å². The van der Waals surface area contributed by atoms with Crippen molar-refractivity contribution in [2.45, 2.75) is 19.3 Å². The summed E-state index contributed by atoms with van der Waals surface area (Å²) in [6.07, 6.45) is 1.05. The lowest BCUT2D eigenvalue weighted by atomic mass is 9.85. The summed E-state index contributed by atoms with van der Waals surface area (Å²) in [5.74, 6) is 0.333. The van der Waals surface area contributed by atoms with Gasteiger partial charge in [-0.05, 0) is 29.7 Å². The topological polar surface area (TPSA) is 13.0 Å². The Hall–Kier alpha value is -2.36. The normalized spacial score (nSPS) is 10.9. The van der Waals surface area contributed by atoms with Gasteiger partial charge in [-0.1, -0.05) is 31.2 Å². The Kier molecular flexibility index (Phi) is 6.63.